The number of hydrogen-bond donors (Lipinski definition) is 2. The molecule has 0 bridgehead atoms. The average Bonchev–Trinajstić information content (AvgIpc) is 3.20. The highest BCUT2D eigenvalue weighted by Gasteiger charge is 2.16. The number of aryl methyl sites for hydroxylation is 1. The first-order valence-corrected chi connectivity index (χ1v) is 7.58. The Kier molecular flexibility index (Phi) is 3.35. The van der Waals surface area contributed by atoms with Crippen molar-refractivity contribution >= 4 is 22.5 Å². The Morgan fingerprint density at radius 1 is 1.08 bits per heavy atom. The number of carbonyl (C=O) groups is 1. The number of carbonyl (C=O) groups excluding carboxylic acids is 1. The van der Waals surface area contributed by atoms with Gasteiger partial charge < -0.3 is 5.32 Å². The third-order valence-corrected chi connectivity index (χ3v) is 3.85. The van der Waals surface area contributed by atoms with E-state index in [1.807, 2.05) is 61.5 Å². The summed E-state index contributed by atoms with van der Waals surface area (Å²) in [6.07, 6.45) is 1.80. The first-order valence-electron chi connectivity index (χ1n) is 7.58. The van der Waals surface area contributed by atoms with Gasteiger partial charge in [0.25, 0.3) is 5.91 Å². The van der Waals surface area contributed by atoms with E-state index in [0.29, 0.717) is 11.4 Å². The average molecular weight is 317 g/mol. The Labute approximate surface area is 138 Å². The molecule has 0 spiro atoms. The standard InChI is InChI=1S/C18H15N5O/c1-12-16(11-23(22-12)13-7-3-2-4-8-13)19-18(24)17-14-9-5-6-10-15(14)20-21-17/h2-11H,1H3,(H,19,24)(H,20,21). The molecule has 0 atom stereocenters. The number of hydrogen-bond acceptors (Lipinski definition) is 3. The molecule has 2 aromatic carbocycles. The van der Waals surface area contributed by atoms with Gasteiger partial charge in [-0.1, -0.05) is 36.4 Å². The minimum Gasteiger partial charge on any atom is -0.318 e. The Bertz CT molecular complexity index is 1020. The van der Waals surface area contributed by atoms with Crippen molar-refractivity contribution in [3.63, 3.8) is 0 Å². The lowest BCUT2D eigenvalue weighted by Crippen LogP contribution is -2.13. The van der Waals surface area contributed by atoms with Crippen LogP contribution in [0.15, 0.2) is 60.8 Å². The van der Waals surface area contributed by atoms with Crippen LogP contribution in [0, 0.1) is 6.92 Å². The van der Waals surface area contributed by atoms with E-state index in [4.69, 9.17) is 0 Å². The Morgan fingerprint density at radius 2 is 1.83 bits per heavy atom. The van der Waals surface area contributed by atoms with Gasteiger partial charge in [0, 0.05) is 5.39 Å². The summed E-state index contributed by atoms with van der Waals surface area (Å²) >= 11 is 0. The van der Waals surface area contributed by atoms with Crippen molar-refractivity contribution in [2.75, 3.05) is 5.32 Å². The Hall–Kier alpha value is -3.41. The molecule has 0 aliphatic heterocycles. The normalized spacial score (nSPS) is 10.9. The lowest BCUT2D eigenvalue weighted by molar-refractivity contribution is 0.102. The molecule has 1 amide bonds. The zero-order chi connectivity index (χ0) is 16.5. The van der Waals surface area contributed by atoms with E-state index in [2.05, 4.69) is 20.6 Å². The van der Waals surface area contributed by atoms with Crippen LogP contribution in [0.5, 0.6) is 0 Å². The van der Waals surface area contributed by atoms with E-state index in [9.17, 15) is 4.79 Å². The number of H-pyrrole nitrogens is 1. The minimum absolute atomic E-state index is 0.261. The van der Waals surface area contributed by atoms with Crippen molar-refractivity contribution in [3.8, 4) is 5.69 Å². The lowest BCUT2D eigenvalue weighted by Gasteiger charge is -2.01. The summed E-state index contributed by atoms with van der Waals surface area (Å²) < 4.78 is 1.74. The summed E-state index contributed by atoms with van der Waals surface area (Å²) in [5.41, 5.74) is 3.55. The molecule has 2 aromatic heterocycles. The molecular formula is C18H15N5O. The number of aromatic nitrogens is 4. The van der Waals surface area contributed by atoms with E-state index in [1.165, 1.54) is 0 Å². The number of anilines is 1. The van der Waals surface area contributed by atoms with E-state index >= 15 is 0 Å². The van der Waals surface area contributed by atoms with Gasteiger partial charge in [-0.25, -0.2) is 4.68 Å². The summed E-state index contributed by atoms with van der Waals surface area (Å²) in [5, 5.41) is 15.1. The third-order valence-electron chi connectivity index (χ3n) is 3.85. The third kappa shape index (κ3) is 2.44. The number of fused-ring (bicyclic) bond motifs is 1. The van der Waals surface area contributed by atoms with Crippen LogP contribution in [0.2, 0.25) is 0 Å². The highest BCUT2D eigenvalue weighted by atomic mass is 16.2. The fourth-order valence-electron chi connectivity index (χ4n) is 2.61. The van der Waals surface area contributed by atoms with Crippen LogP contribution in [0.25, 0.3) is 16.6 Å². The molecule has 0 radical (unpaired) electrons. The number of aromatic amines is 1. The number of nitrogens with one attached hydrogen (secondary N) is 2. The second-order valence-corrected chi connectivity index (χ2v) is 5.48. The van der Waals surface area contributed by atoms with Crippen LogP contribution in [0.4, 0.5) is 5.69 Å². The first-order chi connectivity index (χ1) is 11.7. The molecule has 4 aromatic rings. The molecule has 0 saturated carbocycles. The molecule has 6 nitrogen and oxygen atoms in total. The molecule has 0 aliphatic carbocycles. The smallest absolute Gasteiger partial charge is 0.276 e. The highest BCUT2D eigenvalue weighted by Crippen LogP contribution is 2.20. The summed E-state index contributed by atoms with van der Waals surface area (Å²) in [6.45, 7) is 1.86. The predicted molar refractivity (Wildman–Crippen MR) is 92.3 cm³/mol. The molecule has 24 heavy (non-hydrogen) atoms. The summed E-state index contributed by atoms with van der Waals surface area (Å²) in [5.74, 6) is -0.261. The fraction of sp³-hybridized carbons (Fsp3) is 0.0556. The molecule has 0 aliphatic rings. The maximum atomic E-state index is 12.6. The lowest BCUT2D eigenvalue weighted by atomic mass is 10.2. The Morgan fingerprint density at radius 3 is 2.67 bits per heavy atom. The van der Waals surface area contributed by atoms with Gasteiger partial charge in [0.2, 0.25) is 0 Å². The SMILES string of the molecule is Cc1nn(-c2ccccc2)cc1NC(=O)c1n[nH]c2ccccc12. The fourth-order valence-corrected chi connectivity index (χ4v) is 2.61. The zero-order valence-corrected chi connectivity index (χ0v) is 13.0. The minimum atomic E-state index is -0.261. The molecule has 0 fully saturated rings. The van der Waals surface area contributed by atoms with E-state index < -0.39 is 0 Å². The number of benzene rings is 2. The van der Waals surface area contributed by atoms with Gasteiger partial charge in [-0.3, -0.25) is 9.89 Å². The predicted octanol–water partition coefficient (Wildman–Crippen LogP) is 3.31. The highest BCUT2D eigenvalue weighted by molar-refractivity contribution is 6.11. The van der Waals surface area contributed by atoms with Gasteiger partial charge in [0.1, 0.15) is 0 Å². The van der Waals surface area contributed by atoms with Crippen LogP contribution in [0.1, 0.15) is 16.2 Å². The number of nitrogens with zero attached hydrogens (tertiary/aromatic N) is 3. The van der Waals surface area contributed by atoms with Crippen molar-refractivity contribution < 1.29 is 4.79 Å². The Balaban J connectivity index is 1.64. The second-order valence-electron chi connectivity index (χ2n) is 5.48. The van der Waals surface area contributed by atoms with Crippen LogP contribution in [0.3, 0.4) is 0 Å². The van der Waals surface area contributed by atoms with E-state index in [1.54, 1.807) is 10.9 Å². The van der Waals surface area contributed by atoms with E-state index in [-0.39, 0.29) is 5.91 Å². The molecule has 6 heteroatoms. The van der Waals surface area contributed by atoms with Gasteiger partial charge in [0.05, 0.1) is 28.8 Å². The monoisotopic (exact) mass is 317 g/mol. The zero-order valence-electron chi connectivity index (χ0n) is 13.0. The second kappa shape index (κ2) is 5.66. The number of rotatable bonds is 3. The van der Waals surface area contributed by atoms with Crippen molar-refractivity contribution in [1.82, 2.24) is 20.0 Å². The topological polar surface area (TPSA) is 75.6 Å². The first kappa shape index (κ1) is 14.2. The maximum absolute atomic E-state index is 12.6. The quantitative estimate of drug-likeness (QED) is 0.608. The van der Waals surface area contributed by atoms with Crippen LogP contribution in [-0.2, 0) is 0 Å². The molecular weight excluding hydrogens is 302 g/mol. The number of amides is 1. The van der Waals surface area contributed by atoms with Gasteiger partial charge >= 0.3 is 0 Å². The van der Waals surface area contributed by atoms with Gasteiger partial charge in [-0.2, -0.15) is 10.2 Å². The summed E-state index contributed by atoms with van der Waals surface area (Å²) in [4.78, 5) is 12.6. The summed E-state index contributed by atoms with van der Waals surface area (Å²) in [6, 6.07) is 17.3. The summed E-state index contributed by atoms with van der Waals surface area (Å²) in [7, 11) is 0. The van der Waals surface area contributed by atoms with Crippen molar-refractivity contribution in [1.29, 1.82) is 0 Å². The van der Waals surface area contributed by atoms with Crippen molar-refractivity contribution in [2.24, 2.45) is 0 Å². The van der Waals surface area contributed by atoms with Crippen LogP contribution in [-0.4, -0.2) is 25.9 Å². The molecule has 4 rings (SSSR count). The van der Waals surface area contributed by atoms with Gasteiger partial charge in [0.15, 0.2) is 5.69 Å². The molecule has 2 heterocycles. The van der Waals surface area contributed by atoms with Crippen molar-refractivity contribution in [2.45, 2.75) is 6.92 Å². The van der Waals surface area contributed by atoms with Crippen LogP contribution < -0.4 is 5.32 Å². The molecule has 118 valence electrons. The largest absolute Gasteiger partial charge is 0.318 e. The van der Waals surface area contributed by atoms with Crippen molar-refractivity contribution in [3.05, 3.63) is 72.2 Å². The van der Waals surface area contributed by atoms with Crippen LogP contribution >= 0.6 is 0 Å². The van der Waals surface area contributed by atoms with Gasteiger partial charge in [-0.15, -0.1) is 0 Å². The maximum Gasteiger partial charge on any atom is 0.276 e. The molecule has 2 N–H and O–H groups in total. The number of para-hydroxylation sites is 2. The molecule has 0 saturated heterocycles. The molecule has 0 unspecified atom stereocenters. The van der Waals surface area contributed by atoms with E-state index in [0.717, 1.165) is 22.3 Å². The van der Waals surface area contributed by atoms with Gasteiger partial charge in [-0.05, 0) is 25.1 Å².